The number of amidine groups is 1. The van der Waals surface area contributed by atoms with Crippen LogP contribution in [-0.2, 0) is 4.79 Å². The number of aromatic amines is 1. The molecule has 3 aliphatic rings. The van der Waals surface area contributed by atoms with E-state index in [1.54, 1.807) is 6.07 Å². The molecule has 1 aliphatic carbocycles. The Balaban J connectivity index is 1.33. The Labute approximate surface area is 285 Å². The van der Waals surface area contributed by atoms with Crippen LogP contribution in [0.25, 0.3) is 33.3 Å². The van der Waals surface area contributed by atoms with Crippen molar-refractivity contribution in [2.45, 2.75) is 71.9 Å². The van der Waals surface area contributed by atoms with Gasteiger partial charge in [-0.1, -0.05) is 38.3 Å². The molecule has 1 spiro atoms. The fraction of sp³-hybridized carbons (Fsp3) is 0.417. The maximum Gasteiger partial charge on any atom is 0.229 e. The van der Waals surface area contributed by atoms with Crippen molar-refractivity contribution in [3.63, 3.8) is 0 Å². The van der Waals surface area contributed by atoms with Gasteiger partial charge in [-0.05, 0) is 62.8 Å². The Bertz CT molecular complexity index is 2070. The molecule has 0 bridgehead atoms. The van der Waals surface area contributed by atoms with Gasteiger partial charge in [-0.15, -0.1) is 0 Å². The molecular weight excluding hydrogens is 624 g/mol. The van der Waals surface area contributed by atoms with E-state index in [2.05, 4.69) is 76.7 Å². The van der Waals surface area contributed by atoms with Crippen LogP contribution in [0, 0.1) is 41.9 Å². The molecule has 2 fully saturated rings. The fourth-order valence-electron chi connectivity index (χ4n) is 8.61. The monoisotopic (exact) mass is 663 g/mol. The number of hydrogen-bond donors (Lipinski definition) is 2. The van der Waals surface area contributed by atoms with Gasteiger partial charge in [0.05, 0.1) is 22.8 Å². The van der Waals surface area contributed by atoms with Gasteiger partial charge in [0.1, 0.15) is 30.7 Å². The minimum atomic E-state index is -0.437. The van der Waals surface area contributed by atoms with Crippen LogP contribution in [0.3, 0.4) is 0 Å². The summed E-state index contributed by atoms with van der Waals surface area (Å²) in [4.78, 5) is 16.1. The van der Waals surface area contributed by atoms with Gasteiger partial charge < -0.3 is 0 Å². The van der Waals surface area contributed by atoms with Crippen LogP contribution < -0.4 is 0 Å². The third-order valence-electron chi connectivity index (χ3n) is 10.6. The van der Waals surface area contributed by atoms with Gasteiger partial charge in [0, 0.05) is 51.8 Å². The van der Waals surface area contributed by atoms with Crippen LogP contribution in [0.4, 0.5) is 5.69 Å². The molecular formula is C36H40ClN10O+. The van der Waals surface area contributed by atoms with E-state index in [1.807, 2.05) is 24.2 Å². The van der Waals surface area contributed by atoms with Gasteiger partial charge >= 0.3 is 0 Å². The van der Waals surface area contributed by atoms with E-state index >= 15 is 0 Å². The zero-order valence-corrected chi connectivity index (χ0v) is 28.7. The summed E-state index contributed by atoms with van der Waals surface area (Å²) in [6.07, 6.45) is 11.1. The predicted molar refractivity (Wildman–Crippen MR) is 188 cm³/mol. The molecule has 1 amide bonds. The van der Waals surface area contributed by atoms with Gasteiger partial charge in [-0.25, -0.2) is 15.0 Å². The predicted octanol–water partition coefficient (Wildman–Crippen LogP) is 6.80. The summed E-state index contributed by atoms with van der Waals surface area (Å²) < 4.78 is 4.38. The van der Waals surface area contributed by atoms with E-state index in [-0.39, 0.29) is 23.4 Å². The smallest absolute Gasteiger partial charge is 0.229 e. The first-order valence-corrected chi connectivity index (χ1v) is 16.9. The second-order valence-corrected chi connectivity index (χ2v) is 14.3. The summed E-state index contributed by atoms with van der Waals surface area (Å²) in [5.41, 5.74) is 9.26. The van der Waals surface area contributed by atoms with E-state index in [4.69, 9.17) is 27.4 Å². The number of nitriles is 1. The number of nitrogens with zero attached hydrogens (tertiary/aromatic N) is 8. The largest absolute Gasteiger partial charge is 0.278 e. The molecule has 3 unspecified atom stereocenters. The summed E-state index contributed by atoms with van der Waals surface area (Å²) in [5.74, 6) is -0.182. The number of aryl methyl sites for hydroxylation is 1. The topological polar surface area (TPSA) is 133 Å². The lowest BCUT2D eigenvalue weighted by atomic mass is 9.63. The number of amides is 1. The molecule has 246 valence electrons. The summed E-state index contributed by atoms with van der Waals surface area (Å²) >= 11 is 7.18. The maximum atomic E-state index is 12.2. The first-order chi connectivity index (χ1) is 23.1. The molecule has 1 saturated carbocycles. The number of carbonyl (C=O) groups is 1. The summed E-state index contributed by atoms with van der Waals surface area (Å²) in [6, 6.07) is 10.5. The zero-order chi connectivity index (χ0) is 33.9. The van der Waals surface area contributed by atoms with Crippen LogP contribution in [0.15, 0.2) is 35.5 Å². The van der Waals surface area contributed by atoms with Crippen LogP contribution in [0.1, 0.15) is 68.8 Å². The molecule has 48 heavy (non-hydrogen) atoms. The second-order valence-electron chi connectivity index (χ2n) is 13.9. The Morgan fingerprint density at radius 1 is 1.29 bits per heavy atom. The molecule has 2 aliphatic heterocycles. The van der Waals surface area contributed by atoms with Gasteiger partial charge in [0.25, 0.3) is 0 Å². The zero-order valence-electron chi connectivity index (χ0n) is 28.0. The molecule has 1 saturated heterocycles. The van der Waals surface area contributed by atoms with Gasteiger partial charge in [0.15, 0.2) is 6.21 Å². The van der Waals surface area contributed by atoms with Gasteiger partial charge in [0.2, 0.25) is 17.9 Å². The molecule has 11 nitrogen and oxygen atoms in total. The van der Waals surface area contributed by atoms with E-state index in [1.165, 1.54) is 22.6 Å². The number of halogens is 1. The normalized spacial score (nSPS) is 22.2. The maximum absolute atomic E-state index is 12.2. The first kappa shape index (κ1) is 31.9. The van der Waals surface area contributed by atoms with E-state index in [0.717, 1.165) is 76.6 Å². The number of fused-ring (bicyclic) bond motifs is 2. The van der Waals surface area contributed by atoms with Gasteiger partial charge in [-0.2, -0.15) is 20.0 Å². The van der Waals surface area contributed by atoms with E-state index in [0.29, 0.717) is 18.0 Å². The molecule has 2 aromatic carbocycles. The summed E-state index contributed by atoms with van der Waals surface area (Å²) in [7, 11) is 2.06. The van der Waals surface area contributed by atoms with Crippen molar-refractivity contribution in [1.82, 2.24) is 30.0 Å². The Morgan fingerprint density at radius 2 is 2.10 bits per heavy atom. The fourth-order valence-corrected chi connectivity index (χ4v) is 8.86. The molecule has 12 heteroatoms. The number of H-pyrrole nitrogens is 1. The number of hydrogen-bond acceptors (Lipinski definition) is 6. The first-order valence-electron chi connectivity index (χ1n) is 16.5. The van der Waals surface area contributed by atoms with Crippen molar-refractivity contribution < 1.29 is 9.37 Å². The van der Waals surface area contributed by atoms with Crippen molar-refractivity contribution in [2.75, 3.05) is 13.6 Å². The third kappa shape index (κ3) is 5.06. The minimum Gasteiger partial charge on any atom is -0.278 e. The van der Waals surface area contributed by atoms with Crippen molar-refractivity contribution in [1.29, 1.82) is 10.7 Å². The second kappa shape index (κ2) is 12.1. The highest BCUT2D eigenvalue weighted by Gasteiger charge is 2.56. The van der Waals surface area contributed by atoms with Crippen molar-refractivity contribution >= 4 is 53.0 Å². The lowest BCUT2D eigenvalue weighted by molar-refractivity contribution is -0.411. The number of nitrogens with one attached hydrogen (secondary N) is 2. The lowest BCUT2D eigenvalue weighted by Gasteiger charge is -2.61. The lowest BCUT2D eigenvalue weighted by Crippen LogP contribution is -2.71. The molecule has 7 rings (SSSR count). The number of aromatic nitrogens is 4. The Hall–Kier alpha value is -4.66. The third-order valence-corrected chi connectivity index (χ3v) is 11.1. The number of benzene rings is 2. The van der Waals surface area contributed by atoms with Crippen molar-refractivity contribution in [3.8, 4) is 28.5 Å². The van der Waals surface area contributed by atoms with Gasteiger partial charge in [-0.3, -0.25) is 20.0 Å². The summed E-state index contributed by atoms with van der Waals surface area (Å²) in [6.45, 7) is 9.27. The molecule has 2 aromatic heterocycles. The highest BCUT2D eigenvalue weighted by molar-refractivity contribution is 6.36. The molecule has 0 radical (unpaired) electrons. The SMILES string of the molecule is Cc1cc2[nH]ncc2c(-c2c(-c3ccc4c(c3)C=[N+]4C)nn(C3CCCCC4(C3)CN(N(C=O)C=NC(=N)C#N)C4C(C)C)c2C)c1Cl. The molecule has 4 heterocycles. The number of aliphatic imine (C=N–C) groups is 1. The quantitative estimate of drug-likeness (QED) is 0.0971. The Kier molecular flexibility index (Phi) is 8.04. The van der Waals surface area contributed by atoms with Crippen LogP contribution in [-0.4, -0.2) is 79.0 Å². The van der Waals surface area contributed by atoms with Crippen LogP contribution in [0.5, 0.6) is 0 Å². The van der Waals surface area contributed by atoms with Crippen molar-refractivity contribution in [3.05, 3.63) is 52.3 Å². The van der Waals surface area contributed by atoms with E-state index in [9.17, 15) is 4.79 Å². The number of rotatable bonds is 7. The van der Waals surface area contributed by atoms with Crippen LogP contribution >= 0.6 is 11.6 Å². The minimum absolute atomic E-state index is 0.0418. The number of hydrazine groups is 1. The average molecular weight is 664 g/mol. The molecule has 3 atom stereocenters. The molecule has 4 aromatic rings. The Morgan fingerprint density at radius 3 is 2.81 bits per heavy atom. The highest BCUT2D eigenvalue weighted by Crippen LogP contribution is 2.54. The standard InChI is InChI=1S/C36H40ClN10O/c1-21(2)35-36(18-46(35)45(20-48)19-40-30(39)15-38)11-7-6-8-26(14-36)47-23(4)31(32-27-16-41-42-28(27)12-22(3)33(32)37)34(43-47)24-9-10-29-25(13-24)17-44(29)5/h9-10,12-13,16-17,19-21,26,35,39H,6-8,11,14,18H2,1-5H3,(H,41,42)/q+1. The number of carbonyl (C=O) groups excluding carboxylic acids is 1. The summed E-state index contributed by atoms with van der Waals surface area (Å²) in [5, 5.41) is 34.7. The van der Waals surface area contributed by atoms with E-state index < -0.39 is 5.84 Å². The average Bonchev–Trinajstić information content (AvgIpc) is 3.57. The van der Waals surface area contributed by atoms with Crippen LogP contribution in [0.2, 0.25) is 5.02 Å². The highest BCUT2D eigenvalue weighted by atomic mass is 35.5. The van der Waals surface area contributed by atoms with Crippen molar-refractivity contribution in [2.24, 2.45) is 16.3 Å². The molecule has 2 N–H and O–H groups in total.